The van der Waals surface area contributed by atoms with Gasteiger partial charge in [0.1, 0.15) is 10.8 Å². The number of thiophene rings is 1. The van der Waals surface area contributed by atoms with Gasteiger partial charge in [-0.2, -0.15) is 0 Å². The van der Waals surface area contributed by atoms with Gasteiger partial charge >= 0.3 is 5.97 Å². The fraction of sp³-hybridized carbons (Fsp3) is 0.250. The lowest BCUT2D eigenvalue weighted by Crippen LogP contribution is -2.33. The fourth-order valence-corrected chi connectivity index (χ4v) is 4.55. The minimum Gasteiger partial charge on any atom is -0.465 e. The molecule has 0 unspecified atom stereocenters. The van der Waals surface area contributed by atoms with Crippen molar-refractivity contribution in [2.45, 2.75) is 25.7 Å². The molecule has 1 aliphatic rings. The van der Waals surface area contributed by atoms with E-state index in [9.17, 15) is 14.0 Å². The maximum atomic E-state index is 12.9. The third-order valence-electron chi connectivity index (χ3n) is 4.32. The van der Waals surface area contributed by atoms with E-state index in [0.717, 1.165) is 36.1 Å². The number of hydrogen-bond acceptors (Lipinski definition) is 5. The topological polar surface area (TPSA) is 67.4 Å². The fourth-order valence-electron chi connectivity index (χ4n) is 3.01. The van der Waals surface area contributed by atoms with Crippen LogP contribution in [-0.2, 0) is 22.4 Å². The van der Waals surface area contributed by atoms with Gasteiger partial charge in [0.2, 0.25) is 5.91 Å². The Bertz CT molecular complexity index is 936. The number of carbonyl (C=O) groups excluding carboxylic acids is 2. The number of benzene rings is 1. The first-order chi connectivity index (χ1) is 13.5. The summed E-state index contributed by atoms with van der Waals surface area (Å²) in [6, 6.07) is 5.76. The van der Waals surface area contributed by atoms with Gasteiger partial charge in [0, 0.05) is 11.0 Å². The summed E-state index contributed by atoms with van der Waals surface area (Å²) in [6.07, 6.45) is 6.73. The van der Waals surface area contributed by atoms with E-state index in [1.807, 2.05) is 0 Å². The van der Waals surface area contributed by atoms with E-state index in [0.29, 0.717) is 16.1 Å². The highest BCUT2D eigenvalue weighted by atomic mass is 32.1. The Labute approximate surface area is 171 Å². The molecular weight excluding hydrogens is 399 g/mol. The van der Waals surface area contributed by atoms with Crippen LogP contribution in [0.3, 0.4) is 0 Å². The molecule has 0 fully saturated rings. The second-order valence-corrected chi connectivity index (χ2v) is 7.75. The zero-order chi connectivity index (χ0) is 20.1. The first kappa shape index (κ1) is 20.2. The van der Waals surface area contributed by atoms with Crippen molar-refractivity contribution in [2.24, 2.45) is 0 Å². The summed E-state index contributed by atoms with van der Waals surface area (Å²) in [7, 11) is 1.35. The van der Waals surface area contributed by atoms with E-state index in [-0.39, 0.29) is 10.9 Å². The van der Waals surface area contributed by atoms with E-state index in [1.165, 1.54) is 36.7 Å². The molecule has 0 aliphatic heterocycles. The van der Waals surface area contributed by atoms with Crippen molar-refractivity contribution in [1.82, 2.24) is 5.32 Å². The molecule has 2 N–H and O–H groups in total. The number of halogens is 1. The maximum Gasteiger partial charge on any atom is 0.341 e. The third kappa shape index (κ3) is 4.82. The standard InChI is InChI=1S/C20H19FN2O3S2/c1-26-19(25)17-14-4-2-3-5-15(14)28-18(17)23-20(27)22-16(24)11-8-12-6-9-13(21)10-7-12/h6-11H,2-5H2,1H3,(H2,22,23,24,27)/b11-8+. The number of anilines is 1. The number of methoxy groups -OCH3 is 1. The van der Waals surface area contributed by atoms with Crippen LogP contribution >= 0.6 is 23.6 Å². The van der Waals surface area contributed by atoms with Crippen molar-refractivity contribution in [1.29, 1.82) is 0 Å². The van der Waals surface area contributed by atoms with Crippen LogP contribution in [0.5, 0.6) is 0 Å². The predicted octanol–water partition coefficient (Wildman–Crippen LogP) is 4.08. The Morgan fingerprint density at radius 1 is 1.21 bits per heavy atom. The number of ether oxygens (including phenoxy) is 1. The molecule has 8 heteroatoms. The molecule has 146 valence electrons. The van der Waals surface area contributed by atoms with Gasteiger partial charge in [-0.25, -0.2) is 9.18 Å². The van der Waals surface area contributed by atoms with E-state index >= 15 is 0 Å². The average Bonchev–Trinajstić information content (AvgIpc) is 3.04. The summed E-state index contributed by atoms with van der Waals surface area (Å²) in [5.74, 6) is -1.18. The number of carbonyl (C=O) groups is 2. The Morgan fingerprint density at radius 2 is 1.93 bits per heavy atom. The summed E-state index contributed by atoms with van der Waals surface area (Å²) < 4.78 is 17.8. The number of fused-ring (bicyclic) bond motifs is 1. The second-order valence-electron chi connectivity index (χ2n) is 6.23. The van der Waals surface area contributed by atoms with Crippen molar-refractivity contribution in [3.63, 3.8) is 0 Å². The van der Waals surface area contributed by atoms with Crippen molar-refractivity contribution < 1.29 is 18.7 Å². The van der Waals surface area contributed by atoms with Crippen LogP contribution in [0.25, 0.3) is 6.08 Å². The smallest absolute Gasteiger partial charge is 0.341 e. The lowest BCUT2D eigenvalue weighted by atomic mass is 9.95. The lowest BCUT2D eigenvalue weighted by molar-refractivity contribution is -0.115. The molecule has 1 aliphatic carbocycles. The highest BCUT2D eigenvalue weighted by Crippen LogP contribution is 2.38. The third-order valence-corrected chi connectivity index (χ3v) is 5.73. The summed E-state index contributed by atoms with van der Waals surface area (Å²) in [4.78, 5) is 25.4. The zero-order valence-electron chi connectivity index (χ0n) is 15.2. The molecule has 2 aromatic rings. The minimum absolute atomic E-state index is 0.0949. The summed E-state index contributed by atoms with van der Waals surface area (Å²) >= 11 is 6.68. The van der Waals surface area contributed by atoms with Crippen molar-refractivity contribution in [3.05, 3.63) is 57.7 Å². The van der Waals surface area contributed by atoms with Gasteiger partial charge in [0.15, 0.2) is 5.11 Å². The largest absolute Gasteiger partial charge is 0.465 e. The molecule has 1 aromatic carbocycles. The average molecular weight is 419 g/mol. The predicted molar refractivity (Wildman–Crippen MR) is 112 cm³/mol. The van der Waals surface area contributed by atoms with E-state index in [1.54, 1.807) is 18.2 Å². The molecule has 3 rings (SSSR count). The molecule has 1 amide bonds. The van der Waals surface area contributed by atoms with Gasteiger partial charge in [-0.05, 0) is 67.2 Å². The number of aryl methyl sites for hydroxylation is 1. The van der Waals surface area contributed by atoms with E-state index < -0.39 is 11.9 Å². The van der Waals surface area contributed by atoms with Gasteiger partial charge in [0.25, 0.3) is 0 Å². The molecule has 1 heterocycles. The molecule has 0 saturated carbocycles. The van der Waals surface area contributed by atoms with Gasteiger partial charge in [-0.1, -0.05) is 12.1 Å². The van der Waals surface area contributed by atoms with Gasteiger partial charge in [0.05, 0.1) is 12.7 Å². The molecule has 0 saturated heterocycles. The number of thiocarbonyl (C=S) groups is 1. The molecule has 0 radical (unpaired) electrons. The molecule has 0 bridgehead atoms. The molecule has 0 spiro atoms. The first-order valence-electron chi connectivity index (χ1n) is 8.76. The number of hydrogen-bond donors (Lipinski definition) is 2. The Balaban J connectivity index is 1.67. The summed E-state index contributed by atoms with van der Waals surface area (Å²) in [5.41, 5.74) is 2.20. The Hall–Kier alpha value is -2.58. The van der Waals surface area contributed by atoms with Crippen LogP contribution < -0.4 is 10.6 Å². The van der Waals surface area contributed by atoms with Crippen LogP contribution in [-0.4, -0.2) is 24.1 Å². The summed E-state index contributed by atoms with van der Waals surface area (Å²) in [6.45, 7) is 0. The van der Waals surface area contributed by atoms with Crippen molar-refractivity contribution in [3.8, 4) is 0 Å². The Morgan fingerprint density at radius 3 is 2.64 bits per heavy atom. The quantitative estimate of drug-likeness (QED) is 0.445. The second kappa shape index (κ2) is 9.07. The molecular formula is C20H19FN2O3S2. The van der Waals surface area contributed by atoms with Crippen molar-refractivity contribution >= 4 is 51.6 Å². The van der Waals surface area contributed by atoms with E-state index in [2.05, 4.69) is 10.6 Å². The summed E-state index contributed by atoms with van der Waals surface area (Å²) in [5, 5.41) is 6.19. The van der Waals surface area contributed by atoms with Gasteiger partial charge in [-0.3, -0.25) is 10.1 Å². The zero-order valence-corrected chi connectivity index (χ0v) is 16.8. The van der Waals surface area contributed by atoms with Crippen LogP contribution in [0.2, 0.25) is 0 Å². The number of nitrogens with one attached hydrogen (secondary N) is 2. The number of amides is 1. The van der Waals surface area contributed by atoms with Crippen LogP contribution in [0.15, 0.2) is 30.3 Å². The highest BCUT2D eigenvalue weighted by Gasteiger charge is 2.26. The van der Waals surface area contributed by atoms with Crippen LogP contribution in [0.1, 0.15) is 39.2 Å². The highest BCUT2D eigenvalue weighted by molar-refractivity contribution is 7.80. The maximum absolute atomic E-state index is 12.9. The normalized spacial score (nSPS) is 13.1. The van der Waals surface area contributed by atoms with Crippen molar-refractivity contribution in [2.75, 3.05) is 12.4 Å². The number of rotatable bonds is 4. The van der Waals surface area contributed by atoms with Gasteiger partial charge < -0.3 is 10.1 Å². The minimum atomic E-state index is -0.428. The number of esters is 1. The Kier molecular flexibility index (Phi) is 6.53. The van der Waals surface area contributed by atoms with Gasteiger partial charge in [-0.15, -0.1) is 11.3 Å². The van der Waals surface area contributed by atoms with Crippen LogP contribution in [0.4, 0.5) is 9.39 Å². The SMILES string of the molecule is COC(=O)c1c(NC(=S)NC(=O)/C=C/c2ccc(F)cc2)sc2c1CCCC2. The molecule has 5 nitrogen and oxygen atoms in total. The first-order valence-corrected chi connectivity index (χ1v) is 9.99. The lowest BCUT2D eigenvalue weighted by Gasteiger charge is -2.12. The molecule has 0 atom stereocenters. The molecule has 1 aromatic heterocycles. The van der Waals surface area contributed by atoms with Crippen LogP contribution in [0, 0.1) is 5.82 Å². The molecule has 28 heavy (non-hydrogen) atoms. The van der Waals surface area contributed by atoms with E-state index in [4.69, 9.17) is 17.0 Å². The monoisotopic (exact) mass is 418 g/mol.